The lowest BCUT2D eigenvalue weighted by molar-refractivity contribution is -0.118. The zero-order chi connectivity index (χ0) is 16.4. The van der Waals surface area contributed by atoms with Crippen LogP contribution in [0.4, 0.5) is 5.69 Å². The molecule has 0 saturated heterocycles. The number of amides is 2. The molecule has 23 heavy (non-hydrogen) atoms. The number of hydrogen-bond donors (Lipinski definition) is 1. The number of carbonyl (C=O) groups is 2. The fourth-order valence-corrected chi connectivity index (χ4v) is 2.59. The van der Waals surface area contributed by atoms with Crippen LogP contribution in [0.1, 0.15) is 15.9 Å². The Hall–Kier alpha value is -2.53. The number of ether oxygens (including phenoxy) is 1. The van der Waals surface area contributed by atoms with E-state index in [-0.39, 0.29) is 18.4 Å². The summed E-state index contributed by atoms with van der Waals surface area (Å²) in [7, 11) is 1.71. The summed E-state index contributed by atoms with van der Waals surface area (Å²) in [5.41, 5.74) is 1.86. The van der Waals surface area contributed by atoms with E-state index in [1.807, 2.05) is 18.2 Å². The van der Waals surface area contributed by atoms with Crippen molar-refractivity contribution in [2.45, 2.75) is 6.54 Å². The Labute approximate surface area is 138 Å². The number of nitrogens with zero attached hydrogens (tertiary/aromatic N) is 1. The van der Waals surface area contributed by atoms with Gasteiger partial charge < -0.3 is 15.0 Å². The van der Waals surface area contributed by atoms with Crippen molar-refractivity contribution in [2.24, 2.45) is 0 Å². The van der Waals surface area contributed by atoms with Crippen molar-refractivity contribution in [3.8, 4) is 5.75 Å². The first kappa shape index (κ1) is 15.4. The molecular weight excluding hydrogens is 316 g/mol. The molecule has 2 aromatic rings. The summed E-state index contributed by atoms with van der Waals surface area (Å²) >= 11 is 6.13. The summed E-state index contributed by atoms with van der Waals surface area (Å²) in [4.78, 5) is 25.5. The third-order valence-corrected chi connectivity index (χ3v) is 3.94. The lowest BCUT2D eigenvalue weighted by atomic mass is 10.1. The van der Waals surface area contributed by atoms with Crippen LogP contribution in [0.15, 0.2) is 42.5 Å². The lowest BCUT2D eigenvalue weighted by Crippen LogP contribution is -2.28. The molecule has 3 rings (SSSR count). The van der Waals surface area contributed by atoms with Crippen molar-refractivity contribution < 1.29 is 14.3 Å². The number of carbonyl (C=O) groups excluding carboxylic acids is 2. The first-order chi connectivity index (χ1) is 11.0. The van der Waals surface area contributed by atoms with Crippen LogP contribution in [-0.4, -0.2) is 30.4 Å². The molecule has 6 heteroatoms. The van der Waals surface area contributed by atoms with Crippen molar-refractivity contribution in [3.63, 3.8) is 0 Å². The normalized spacial score (nSPS) is 12.9. The maximum Gasteiger partial charge on any atom is 0.262 e. The standard InChI is InChI=1S/C17H15ClN2O3/c1-20(9-12-4-2-3-5-13(12)18)17(22)11-6-7-15-14(8-11)19-16(21)10-23-15/h2-8H,9-10H2,1H3,(H,19,21). The van der Waals surface area contributed by atoms with Gasteiger partial charge in [0, 0.05) is 24.2 Å². The Morgan fingerprint density at radius 3 is 2.87 bits per heavy atom. The van der Waals surface area contributed by atoms with Crippen LogP contribution in [0, 0.1) is 0 Å². The van der Waals surface area contributed by atoms with Crippen LogP contribution in [0.3, 0.4) is 0 Å². The van der Waals surface area contributed by atoms with Crippen LogP contribution in [0.5, 0.6) is 5.75 Å². The molecular formula is C17H15ClN2O3. The van der Waals surface area contributed by atoms with Crippen LogP contribution in [0.2, 0.25) is 5.02 Å². The van der Waals surface area contributed by atoms with Crippen molar-refractivity contribution >= 4 is 29.1 Å². The predicted octanol–water partition coefficient (Wildman–Crippen LogP) is 2.94. The highest BCUT2D eigenvalue weighted by Gasteiger charge is 2.19. The van der Waals surface area contributed by atoms with Crippen LogP contribution in [-0.2, 0) is 11.3 Å². The van der Waals surface area contributed by atoms with E-state index in [0.717, 1.165) is 5.56 Å². The van der Waals surface area contributed by atoms with Crippen LogP contribution < -0.4 is 10.1 Å². The Morgan fingerprint density at radius 1 is 1.30 bits per heavy atom. The van der Waals surface area contributed by atoms with Gasteiger partial charge in [0.05, 0.1) is 5.69 Å². The van der Waals surface area contributed by atoms with E-state index in [4.69, 9.17) is 16.3 Å². The van der Waals surface area contributed by atoms with E-state index < -0.39 is 0 Å². The second kappa shape index (κ2) is 6.30. The molecule has 1 aliphatic heterocycles. The number of nitrogens with one attached hydrogen (secondary N) is 1. The van der Waals surface area contributed by atoms with E-state index in [9.17, 15) is 9.59 Å². The van der Waals surface area contributed by atoms with Gasteiger partial charge in [0.1, 0.15) is 5.75 Å². The summed E-state index contributed by atoms with van der Waals surface area (Å²) < 4.78 is 5.29. The molecule has 0 aromatic heterocycles. The molecule has 1 heterocycles. The summed E-state index contributed by atoms with van der Waals surface area (Å²) in [6.45, 7) is 0.394. The van der Waals surface area contributed by atoms with Gasteiger partial charge in [0.2, 0.25) is 0 Å². The first-order valence-corrected chi connectivity index (χ1v) is 7.48. The van der Waals surface area contributed by atoms with Gasteiger partial charge in [-0.3, -0.25) is 9.59 Å². The number of rotatable bonds is 3. The minimum atomic E-state index is -0.230. The molecule has 0 saturated carbocycles. The van der Waals surface area contributed by atoms with E-state index in [0.29, 0.717) is 28.6 Å². The quantitative estimate of drug-likeness (QED) is 0.941. The lowest BCUT2D eigenvalue weighted by Gasteiger charge is -2.21. The summed E-state index contributed by atoms with van der Waals surface area (Å²) in [6, 6.07) is 12.4. The van der Waals surface area contributed by atoms with E-state index in [2.05, 4.69) is 5.32 Å². The molecule has 0 atom stereocenters. The Balaban J connectivity index is 1.79. The minimum Gasteiger partial charge on any atom is -0.482 e. The highest BCUT2D eigenvalue weighted by molar-refractivity contribution is 6.31. The van der Waals surface area contributed by atoms with Crippen molar-refractivity contribution in [2.75, 3.05) is 19.0 Å². The van der Waals surface area contributed by atoms with Gasteiger partial charge in [-0.15, -0.1) is 0 Å². The van der Waals surface area contributed by atoms with Crippen molar-refractivity contribution in [3.05, 3.63) is 58.6 Å². The predicted molar refractivity (Wildman–Crippen MR) is 87.8 cm³/mol. The molecule has 1 N–H and O–H groups in total. The fourth-order valence-electron chi connectivity index (χ4n) is 2.39. The first-order valence-electron chi connectivity index (χ1n) is 7.10. The second-order valence-corrected chi connectivity index (χ2v) is 5.71. The summed E-state index contributed by atoms with van der Waals surface area (Å²) in [5, 5.41) is 3.32. The molecule has 2 aromatic carbocycles. The maximum absolute atomic E-state index is 12.6. The summed E-state index contributed by atoms with van der Waals surface area (Å²) in [5.74, 6) is 0.175. The molecule has 2 amide bonds. The second-order valence-electron chi connectivity index (χ2n) is 5.30. The van der Waals surface area contributed by atoms with Gasteiger partial charge in [0.25, 0.3) is 11.8 Å². The van der Waals surface area contributed by atoms with E-state index in [1.54, 1.807) is 36.2 Å². The highest BCUT2D eigenvalue weighted by Crippen LogP contribution is 2.29. The number of hydrogen-bond acceptors (Lipinski definition) is 3. The molecule has 0 unspecified atom stereocenters. The topological polar surface area (TPSA) is 58.6 Å². The van der Waals surface area contributed by atoms with Crippen molar-refractivity contribution in [1.82, 2.24) is 4.90 Å². The molecule has 0 aliphatic carbocycles. The average Bonchev–Trinajstić information content (AvgIpc) is 2.55. The minimum absolute atomic E-state index is 0.00724. The Kier molecular flexibility index (Phi) is 4.21. The maximum atomic E-state index is 12.6. The van der Waals surface area contributed by atoms with Gasteiger partial charge in [-0.25, -0.2) is 0 Å². The Morgan fingerprint density at radius 2 is 2.09 bits per heavy atom. The smallest absolute Gasteiger partial charge is 0.262 e. The number of benzene rings is 2. The summed E-state index contributed by atoms with van der Waals surface area (Å²) in [6.07, 6.45) is 0. The SMILES string of the molecule is CN(Cc1ccccc1Cl)C(=O)c1ccc2c(c1)NC(=O)CO2. The third-order valence-electron chi connectivity index (χ3n) is 3.57. The molecule has 5 nitrogen and oxygen atoms in total. The fraction of sp³-hybridized carbons (Fsp3) is 0.176. The Bertz CT molecular complexity index is 776. The monoisotopic (exact) mass is 330 g/mol. The molecule has 0 fully saturated rings. The van der Waals surface area contributed by atoms with Gasteiger partial charge in [0.15, 0.2) is 6.61 Å². The molecule has 0 bridgehead atoms. The number of halogens is 1. The molecule has 0 spiro atoms. The average molecular weight is 331 g/mol. The van der Waals surface area contributed by atoms with Crippen LogP contribution in [0.25, 0.3) is 0 Å². The zero-order valence-corrected chi connectivity index (χ0v) is 13.3. The van der Waals surface area contributed by atoms with E-state index >= 15 is 0 Å². The molecule has 118 valence electrons. The zero-order valence-electron chi connectivity index (χ0n) is 12.5. The van der Waals surface area contributed by atoms with Crippen molar-refractivity contribution in [1.29, 1.82) is 0 Å². The molecule has 1 aliphatic rings. The van der Waals surface area contributed by atoms with Gasteiger partial charge in [-0.05, 0) is 29.8 Å². The highest BCUT2D eigenvalue weighted by atomic mass is 35.5. The number of fused-ring (bicyclic) bond motifs is 1. The largest absolute Gasteiger partial charge is 0.482 e. The molecule has 0 radical (unpaired) electrons. The van der Waals surface area contributed by atoms with Gasteiger partial charge in [-0.1, -0.05) is 29.8 Å². The third kappa shape index (κ3) is 3.29. The number of anilines is 1. The van der Waals surface area contributed by atoms with Crippen LogP contribution >= 0.6 is 11.6 Å². The van der Waals surface area contributed by atoms with Gasteiger partial charge >= 0.3 is 0 Å². The van der Waals surface area contributed by atoms with E-state index in [1.165, 1.54) is 0 Å². The van der Waals surface area contributed by atoms with Gasteiger partial charge in [-0.2, -0.15) is 0 Å².